The predicted molar refractivity (Wildman–Crippen MR) is 109 cm³/mol. The Balaban J connectivity index is 1.39. The first-order chi connectivity index (χ1) is 15.0. The maximum atomic E-state index is 13.5. The molecule has 0 saturated carbocycles. The van der Waals surface area contributed by atoms with Crippen molar-refractivity contribution in [3.8, 4) is 0 Å². The first kappa shape index (κ1) is 20.0. The van der Waals surface area contributed by atoms with E-state index in [4.69, 9.17) is 4.74 Å². The van der Waals surface area contributed by atoms with Crippen LogP contribution in [-0.4, -0.2) is 30.3 Å². The van der Waals surface area contributed by atoms with Gasteiger partial charge in [0.1, 0.15) is 5.82 Å². The first-order valence-corrected chi connectivity index (χ1v) is 9.25. The number of carbonyl (C=O) groups is 4. The van der Waals surface area contributed by atoms with Gasteiger partial charge in [-0.1, -0.05) is 24.3 Å². The van der Waals surface area contributed by atoms with E-state index < -0.39 is 36.1 Å². The smallest absolute Gasteiger partial charge is 0.338 e. The minimum absolute atomic E-state index is 0.0196. The van der Waals surface area contributed by atoms with Gasteiger partial charge >= 0.3 is 5.97 Å². The number of anilines is 2. The summed E-state index contributed by atoms with van der Waals surface area (Å²) in [4.78, 5) is 50.1. The molecule has 3 aromatic carbocycles. The van der Waals surface area contributed by atoms with Crippen LogP contribution >= 0.6 is 0 Å². The molecule has 0 unspecified atom stereocenters. The van der Waals surface area contributed by atoms with Gasteiger partial charge in [0.15, 0.2) is 6.61 Å². The number of nitrogens with zero attached hydrogens (tertiary/aromatic N) is 1. The molecule has 0 atom stereocenters. The zero-order valence-electron chi connectivity index (χ0n) is 16.0. The van der Waals surface area contributed by atoms with Crippen molar-refractivity contribution < 1.29 is 28.3 Å². The van der Waals surface area contributed by atoms with Gasteiger partial charge in [-0.25, -0.2) is 14.1 Å². The van der Waals surface area contributed by atoms with Crippen molar-refractivity contribution in [2.75, 3.05) is 16.8 Å². The summed E-state index contributed by atoms with van der Waals surface area (Å²) >= 11 is 0. The van der Waals surface area contributed by atoms with E-state index in [1.807, 2.05) is 0 Å². The predicted octanol–water partition coefficient (Wildman–Crippen LogP) is 3.42. The molecule has 0 fully saturated rings. The maximum absolute atomic E-state index is 13.5. The average molecular weight is 418 g/mol. The van der Waals surface area contributed by atoms with E-state index in [-0.39, 0.29) is 11.3 Å². The van der Waals surface area contributed by atoms with Crippen LogP contribution in [0.1, 0.15) is 31.1 Å². The molecule has 1 heterocycles. The molecule has 154 valence electrons. The normalized spacial score (nSPS) is 12.5. The summed E-state index contributed by atoms with van der Waals surface area (Å²) in [6.45, 7) is -0.604. The average Bonchev–Trinajstić information content (AvgIpc) is 3.04. The van der Waals surface area contributed by atoms with Crippen LogP contribution in [0.25, 0.3) is 0 Å². The van der Waals surface area contributed by atoms with Gasteiger partial charge in [0.2, 0.25) is 0 Å². The van der Waals surface area contributed by atoms with Gasteiger partial charge in [-0.2, -0.15) is 0 Å². The molecule has 1 N–H and O–H groups in total. The number of hydrogen-bond donors (Lipinski definition) is 1. The summed E-state index contributed by atoms with van der Waals surface area (Å²) < 4.78 is 18.5. The highest BCUT2D eigenvalue weighted by Gasteiger charge is 2.36. The number of imide groups is 1. The summed E-state index contributed by atoms with van der Waals surface area (Å²) in [6, 6.07) is 17.8. The van der Waals surface area contributed by atoms with Crippen molar-refractivity contribution in [1.29, 1.82) is 0 Å². The highest BCUT2D eigenvalue weighted by molar-refractivity contribution is 6.34. The van der Waals surface area contributed by atoms with Crippen molar-refractivity contribution in [3.05, 3.63) is 95.3 Å². The molecule has 1 aliphatic heterocycles. The number of nitrogens with one attached hydrogen (secondary N) is 1. The van der Waals surface area contributed by atoms with Crippen molar-refractivity contribution in [2.24, 2.45) is 0 Å². The number of hydrogen-bond acceptors (Lipinski definition) is 5. The number of fused-ring (bicyclic) bond motifs is 1. The van der Waals surface area contributed by atoms with Crippen LogP contribution in [0.5, 0.6) is 0 Å². The number of amides is 3. The molecule has 0 aromatic heterocycles. The lowest BCUT2D eigenvalue weighted by Crippen LogP contribution is -2.29. The molecule has 0 bridgehead atoms. The molecule has 8 heteroatoms. The fourth-order valence-corrected chi connectivity index (χ4v) is 3.13. The number of ether oxygens (including phenoxy) is 1. The number of rotatable bonds is 5. The second-order valence-electron chi connectivity index (χ2n) is 6.64. The van der Waals surface area contributed by atoms with Crippen molar-refractivity contribution in [2.45, 2.75) is 0 Å². The maximum Gasteiger partial charge on any atom is 0.338 e. The lowest BCUT2D eigenvalue weighted by Gasteiger charge is -2.14. The fourth-order valence-electron chi connectivity index (χ4n) is 3.13. The van der Waals surface area contributed by atoms with Crippen molar-refractivity contribution in [1.82, 2.24) is 0 Å². The van der Waals surface area contributed by atoms with Crippen molar-refractivity contribution >= 4 is 35.1 Å². The Morgan fingerprint density at radius 3 is 2.03 bits per heavy atom. The van der Waals surface area contributed by atoms with Gasteiger partial charge < -0.3 is 10.1 Å². The highest BCUT2D eigenvalue weighted by atomic mass is 19.1. The Bertz CT molecular complexity index is 1170. The number of benzene rings is 3. The Hall–Kier alpha value is -4.33. The minimum atomic E-state index is -0.780. The largest absolute Gasteiger partial charge is 0.452 e. The lowest BCUT2D eigenvalue weighted by molar-refractivity contribution is -0.119. The Kier molecular flexibility index (Phi) is 5.28. The summed E-state index contributed by atoms with van der Waals surface area (Å²) in [6.07, 6.45) is 0. The summed E-state index contributed by atoms with van der Waals surface area (Å²) in [7, 11) is 0. The van der Waals surface area contributed by atoms with Crippen LogP contribution in [0, 0.1) is 5.82 Å². The molecule has 3 aromatic rings. The van der Waals surface area contributed by atoms with E-state index in [1.54, 1.807) is 30.3 Å². The van der Waals surface area contributed by atoms with E-state index in [9.17, 15) is 23.6 Å². The van der Waals surface area contributed by atoms with Crippen LogP contribution in [0.2, 0.25) is 0 Å². The molecule has 0 radical (unpaired) electrons. The summed E-state index contributed by atoms with van der Waals surface area (Å²) in [5, 5.41) is 2.31. The summed E-state index contributed by atoms with van der Waals surface area (Å²) in [5.74, 6) is -2.97. The van der Waals surface area contributed by atoms with Crippen LogP contribution in [-0.2, 0) is 9.53 Å². The van der Waals surface area contributed by atoms with E-state index in [0.717, 1.165) is 4.90 Å². The van der Waals surface area contributed by atoms with Crippen LogP contribution < -0.4 is 10.2 Å². The van der Waals surface area contributed by atoms with Gasteiger partial charge in [-0.05, 0) is 48.5 Å². The van der Waals surface area contributed by atoms with Crippen molar-refractivity contribution in [3.63, 3.8) is 0 Å². The minimum Gasteiger partial charge on any atom is -0.452 e. The second-order valence-corrected chi connectivity index (χ2v) is 6.64. The van der Waals surface area contributed by atoms with Gasteiger partial charge in [0.25, 0.3) is 17.7 Å². The quantitative estimate of drug-likeness (QED) is 0.506. The third kappa shape index (κ3) is 3.91. The highest BCUT2D eigenvalue weighted by Crippen LogP contribution is 2.28. The van der Waals surface area contributed by atoms with E-state index in [1.165, 1.54) is 42.5 Å². The summed E-state index contributed by atoms with van der Waals surface area (Å²) in [5.41, 5.74) is 1.04. The zero-order valence-corrected chi connectivity index (χ0v) is 16.0. The van der Waals surface area contributed by atoms with Gasteiger partial charge in [-0.15, -0.1) is 0 Å². The fraction of sp³-hybridized carbons (Fsp3) is 0.0435. The zero-order chi connectivity index (χ0) is 22.0. The SMILES string of the molecule is O=C(COC(=O)c1ccc(N2C(=O)c3ccccc3C2=O)cc1)Nc1ccccc1F. The molecule has 0 aliphatic carbocycles. The van der Waals surface area contributed by atoms with E-state index in [0.29, 0.717) is 16.8 Å². The monoisotopic (exact) mass is 418 g/mol. The first-order valence-electron chi connectivity index (χ1n) is 9.25. The molecule has 4 rings (SSSR count). The third-order valence-corrected chi connectivity index (χ3v) is 4.64. The van der Waals surface area contributed by atoms with Gasteiger partial charge in [0, 0.05) is 0 Å². The standard InChI is InChI=1S/C23H15FN2O5/c24-18-7-3-4-8-19(18)25-20(27)13-31-23(30)14-9-11-15(12-10-14)26-21(28)16-5-1-2-6-17(16)22(26)29/h1-12H,13H2,(H,25,27). The number of para-hydroxylation sites is 1. The van der Waals surface area contributed by atoms with E-state index >= 15 is 0 Å². The number of carbonyl (C=O) groups excluding carboxylic acids is 4. The Morgan fingerprint density at radius 2 is 1.42 bits per heavy atom. The van der Waals surface area contributed by atoms with Gasteiger partial charge in [-0.3, -0.25) is 14.4 Å². The van der Waals surface area contributed by atoms with Crippen LogP contribution in [0.3, 0.4) is 0 Å². The topological polar surface area (TPSA) is 92.8 Å². The Labute approximate surface area is 176 Å². The molecule has 0 saturated heterocycles. The van der Waals surface area contributed by atoms with Gasteiger partial charge in [0.05, 0.1) is 28.1 Å². The molecule has 7 nitrogen and oxygen atoms in total. The number of esters is 1. The Morgan fingerprint density at radius 1 is 0.839 bits per heavy atom. The van der Waals surface area contributed by atoms with E-state index in [2.05, 4.69) is 5.32 Å². The van der Waals surface area contributed by atoms with Crippen LogP contribution in [0.4, 0.5) is 15.8 Å². The molecular formula is C23H15FN2O5. The molecule has 0 spiro atoms. The molecule has 3 amide bonds. The second kappa shape index (κ2) is 8.19. The molecule has 31 heavy (non-hydrogen) atoms. The third-order valence-electron chi connectivity index (χ3n) is 4.64. The molecule has 1 aliphatic rings. The lowest BCUT2D eigenvalue weighted by atomic mass is 10.1. The van der Waals surface area contributed by atoms with Crippen LogP contribution in [0.15, 0.2) is 72.8 Å². The molecular weight excluding hydrogens is 403 g/mol. The number of halogens is 1.